The third-order valence-electron chi connectivity index (χ3n) is 5.60. The minimum Gasteiger partial charge on any atom is -0.488 e. The number of nitrogens with zero attached hydrogens (tertiary/aromatic N) is 3. The third-order valence-corrected chi connectivity index (χ3v) is 5.60. The number of ether oxygens (including phenoxy) is 1. The number of rotatable bonds is 5. The Balaban J connectivity index is 1.68. The molecule has 6 nitrogen and oxygen atoms in total. The molecule has 0 aliphatic heterocycles. The molecule has 2 aromatic carbocycles. The monoisotopic (exact) mass is 423 g/mol. The summed E-state index contributed by atoms with van der Waals surface area (Å²) in [7, 11) is 0. The fourth-order valence-corrected chi connectivity index (χ4v) is 3.95. The zero-order chi connectivity index (χ0) is 22.2. The maximum Gasteiger partial charge on any atom is 0.336 e. The van der Waals surface area contributed by atoms with Crippen LogP contribution in [0.1, 0.15) is 27.2 Å². The highest BCUT2D eigenvalue weighted by atomic mass is 16.5. The predicted octanol–water partition coefficient (Wildman–Crippen LogP) is 5.44. The molecule has 0 amide bonds. The zero-order valence-electron chi connectivity index (χ0n) is 17.7. The lowest BCUT2D eigenvalue weighted by molar-refractivity contribution is 0.0698. The van der Waals surface area contributed by atoms with E-state index in [4.69, 9.17) is 14.7 Å². The quantitative estimate of drug-likeness (QED) is 0.407. The van der Waals surface area contributed by atoms with Gasteiger partial charge in [0.05, 0.1) is 22.2 Å². The van der Waals surface area contributed by atoms with Crippen molar-refractivity contribution in [1.82, 2.24) is 14.4 Å². The SMILES string of the molecule is Cc1ccc(OCc2ccccc2)c2c(C(=O)O)cc(-c3nc4ccccn4c3C)nc12. The second-order valence-corrected chi connectivity index (χ2v) is 7.71. The summed E-state index contributed by atoms with van der Waals surface area (Å²) in [5.41, 5.74) is 5.50. The first kappa shape index (κ1) is 19.8. The molecule has 1 N–H and O–H groups in total. The molecule has 158 valence electrons. The number of imidazole rings is 1. The first-order chi connectivity index (χ1) is 15.5. The maximum atomic E-state index is 12.3. The number of carboxylic acid groups (broad SMARTS) is 1. The van der Waals surface area contributed by atoms with E-state index in [0.717, 1.165) is 22.5 Å². The lowest BCUT2D eigenvalue weighted by atomic mass is 10.0. The lowest BCUT2D eigenvalue weighted by Crippen LogP contribution is -2.04. The van der Waals surface area contributed by atoms with Gasteiger partial charge in [0.15, 0.2) is 0 Å². The van der Waals surface area contributed by atoms with Gasteiger partial charge >= 0.3 is 5.97 Å². The number of pyridine rings is 2. The Kier molecular flexibility index (Phi) is 4.82. The lowest BCUT2D eigenvalue weighted by Gasteiger charge is -2.14. The van der Waals surface area contributed by atoms with Crippen molar-refractivity contribution >= 4 is 22.5 Å². The number of benzene rings is 2. The topological polar surface area (TPSA) is 76.7 Å². The van der Waals surface area contributed by atoms with E-state index >= 15 is 0 Å². The molecule has 6 heteroatoms. The van der Waals surface area contributed by atoms with Crippen LogP contribution in [-0.4, -0.2) is 25.4 Å². The smallest absolute Gasteiger partial charge is 0.336 e. The Hall–Kier alpha value is -4.19. The van der Waals surface area contributed by atoms with Gasteiger partial charge in [-0.1, -0.05) is 42.5 Å². The molecule has 0 aliphatic carbocycles. The maximum absolute atomic E-state index is 12.3. The summed E-state index contributed by atoms with van der Waals surface area (Å²) in [5, 5.41) is 10.6. The molecule has 0 bridgehead atoms. The van der Waals surface area contributed by atoms with Crippen LogP contribution in [-0.2, 0) is 6.61 Å². The van der Waals surface area contributed by atoms with Gasteiger partial charge in [0.2, 0.25) is 0 Å². The molecule has 0 unspecified atom stereocenters. The van der Waals surface area contributed by atoms with Gasteiger partial charge in [-0.15, -0.1) is 0 Å². The average Bonchev–Trinajstić information content (AvgIpc) is 3.15. The first-order valence-electron chi connectivity index (χ1n) is 10.3. The molecular formula is C26H21N3O3. The Morgan fingerprint density at radius 1 is 1.00 bits per heavy atom. The number of hydrogen-bond acceptors (Lipinski definition) is 4. The fraction of sp³-hybridized carbons (Fsp3) is 0.115. The van der Waals surface area contributed by atoms with Crippen molar-refractivity contribution in [3.05, 3.63) is 95.3 Å². The Morgan fingerprint density at radius 2 is 1.78 bits per heavy atom. The van der Waals surface area contributed by atoms with E-state index in [1.165, 1.54) is 0 Å². The van der Waals surface area contributed by atoms with Crippen LogP contribution in [0.4, 0.5) is 0 Å². The molecule has 32 heavy (non-hydrogen) atoms. The van der Waals surface area contributed by atoms with Crippen LogP contribution in [0.5, 0.6) is 5.75 Å². The summed E-state index contributed by atoms with van der Waals surface area (Å²) >= 11 is 0. The molecule has 0 fully saturated rings. The van der Waals surface area contributed by atoms with Gasteiger partial charge in [-0.25, -0.2) is 14.8 Å². The van der Waals surface area contributed by atoms with Crippen LogP contribution in [0, 0.1) is 13.8 Å². The van der Waals surface area contributed by atoms with E-state index in [0.29, 0.717) is 34.6 Å². The van der Waals surface area contributed by atoms with Crippen molar-refractivity contribution in [2.75, 3.05) is 0 Å². The van der Waals surface area contributed by atoms with E-state index in [9.17, 15) is 9.90 Å². The third kappa shape index (κ3) is 3.36. The standard InChI is InChI=1S/C26H21N3O3/c1-16-11-12-21(32-15-18-8-4-3-5-9-18)23-19(26(30)31)14-20(27-24(16)23)25-17(2)29-13-7-6-10-22(29)28-25/h3-14H,15H2,1-2H3,(H,30,31). The largest absolute Gasteiger partial charge is 0.488 e. The summed E-state index contributed by atoms with van der Waals surface area (Å²) < 4.78 is 8.01. The van der Waals surface area contributed by atoms with E-state index in [1.807, 2.05) is 85.1 Å². The highest BCUT2D eigenvalue weighted by molar-refractivity contribution is 6.07. The number of fused-ring (bicyclic) bond motifs is 2. The van der Waals surface area contributed by atoms with Crippen molar-refractivity contribution in [2.24, 2.45) is 0 Å². The molecule has 0 atom stereocenters. The summed E-state index contributed by atoms with van der Waals surface area (Å²) in [6.07, 6.45) is 1.93. The molecule has 3 heterocycles. The fourth-order valence-electron chi connectivity index (χ4n) is 3.95. The van der Waals surface area contributed by atoms with Crippen LogP contribution in [0.3, 0.4) is 0 Å². The molecule has 5 rings (SSSR count). The number of aromatic carboxylic acids is 1. The minimum absolute atomic E-state index is 0.146. The summed E-state index contributed by atoms with van der Waals surface area (Å²) in [4.78, 5) is 21.8. The van der Waals surface area contributed by atoms with Crippen molar-refractivity contribution in [3.8, 4) is 17.1 Å². The molecule has 3 aromatic heterocycles. The van der Waals surface area contributed by atoms with E-state index in [2.05, 4.69) is 0 Å². The van der Waals surface area contributed by atoms with E-state index in [1.54, 1.807) is 6.07 Å². The number of carboxylic acids is 1. The Morgan fingerprint density at radius 3 is 2.53 bits per heavy atom. The first-order valence-corrected chi connectivity index (χ1v) is 10.3. The molecule has 0 saturated carbocycles. The van der Waals surface area contributed by atoms with E-state index in [-0.39, 0.29) is 5.56 Å². The summed E-state index contributed by atoms with van der Waals surface area (Å²) in [6, 6.07) is 20.8. The Bertz CT molecular complexity index is 1470. The van der Waals surface area contributed by atoms with Crippen molar-refractivity contribution in [2.45, 2.75) is 20.5 Å². The van der Waals surface area contributed by atoms with Gasteiger partial charge in [0, 0.05) is 11.9 Å². The van der Waals surface area contributed by atoms with Gasteiger partial charge in [-0.2, -0.15) is 0 Å². The van der Waals surface area contributed by atoms with Crippen LogP contribution >= 0.6 is 0 Å². The molecule has 0 spiro atoms. The van der Waals surface area contributed by atoms with Gasteiger partial charge in [0.1, 0.15) is 23.7 Å². The Labute approximate surface area is 184 Å². The van der Waals surface area contributed by atoms with Crippen molar-refractivity contribution in [3.63, 3.8) is 0 Å². The molecule has 0 aliphatic rings. The zero-order valence-corrected chi connectivity index (χ0v) is 17.7. The van der Waals surface area contributed by atoms with Gasteiger partial charge in [0.25, 0.3) is 0 Å². The van der Waals surface area contributed by atoms with Crippen LogP contribution in [0.25, 0.3) is 27.9 Å². The van der Waals surface area contributed by atoms with Crippen molar-refractivity contribution in [1.29, 1.82) is 0 Å². The number of aromatic nitrogens is 3. The summed E-state index contributed by atoms with van der Waals surface area (Å²) in [6.45, 7) is 4.21. The second kappa shape index (κ2) is 7.81. The van der Waals surface area contributed by atoms with Crippen LogP contribution in [0.2, 0.25) is 0 Å². The predicted molar refractivity (Wildman–Crippen MR) is 123 cm³/mol. The minimum atomic E-state index is -1.03. The number of aryl methyl sites for hydroxylation is 2. The van der Waals surface area contributed by atoms with Gasteiger partial charge in [-0.05, 0) is 49.2 Å². The van der Waals surface area contributed by atoms with Gasteiger partial charge in [-0.3, -0.25) is 0 Å². The van der Waals surface area contributed by atoms with Gasteiger partial charge < -0.3 is 14.2 Å². The highest BCUT2D eigenvalue weighted by Crippen LogP contribution is 2.34. The van der Waals surface area contributed by atoms with Crippen molar-refractivity contribution < 1.29 is 14.6 Å². The molecule has 5 aromatic rings. The highest BCUT2D eigenvalue weighted by Gasteiger charge is 2.21. The number of hydrogen-bond donors (Lipinski definition) is 1. The summed E-state index contributed by atoms with van der Waals surface area (Å²) in [5.74, 6) is -0.534. The molecular weight excluding hydrogens is 402 g/mol. The van der Waals surface area contributed by atoms with E-state index < -0.39 is 5.97 Å². The normalized spacial score (nSPS) is 11.2. The van der Waals surface area contributed by atoms with Crippen LogP contribution in [0.15, 0.2) is 72.9 Å². The molecule has 0 radical (unpaired) electrons. The average molecular weight is 423 g/mol. The second-order valence-electron chi connectivity index (χ2n) is 7.71. The molecule has 0 saturated heterocycles. The number of carbonyl (C=O) groups is 1. The van der Waals surface area contributed by atoms with Crippen LogP contribution < -0.4 is 4.74 Å².